The summed E-state index contributed by atoms with van der Waals surface area (Å²) in [7, 11) is 0. The zero-order valence-corrected chi connectivity index (χ0v) is 41.5. The zero-order chi connectivity index (χ0) is 46.5. The van der Waals surface area contributed by atoms with E-state index in [1.807, 2.05) is 0 Å². The molecule has 0 saturated carbocycles. The highest BCUT2D eigenvalue weighted by Gasteiger charge is 2.19. The van der Waals surface area contributed by atoms with Crippen molar-refractivity contribution in [1.29, 1.82) is 0 Å². The van der Waals surface area contributed by atoms with E-state index in [-0.39, 0.29) is 31.1 Å². The normalized spacial score (nSPS) is 12.9. The third kappa shape index (κ3) is 49.3. The van der Waals surface area contributed by atoms with E-state index in [0.29, 0.717) is 19.3 Å². The highest BCUT2D eigenvalue weighted by molar-refractivity contribution is 5.71. The lowest BCUT2D eigenvalue weighted by Crippen LogP contribution is -2.30. The summed E-state index contributed by atoms with van der Waals surface area (Å²) in [4.78, 5) is 37.8. The van der Waals surface area contributed by atoms with Crippen molar-refractivity contribution >= 4 is 17.9 Å². The summed E-state index contributed by atoms with van der Waals surface area (Å²) in [6.07, 6.45) is 68.4. The average Bonchev–Trinajstić information content (AvgIpc) is 3.29. The summed E-state index contributed by atoms with van der Waals surface area (Å²) in [6.45, 7) is 6.42. The Kier molecular flexibility index (Phi) is 49.0. The fourth-order valence-corrected chi connectivity index (χ4v) is 6.89. The molecule has 0 N–H and O–H groups in total. The van der Waals surface area contributed by atoms with Crippen LogP contribution < -0.4 is 0 Å². The van der Waals surface area contributed by atoms with Crippen LogP contribution in [-0.2, 0) is 28.6 Å². The predicted molar refractivity (Wildman–Crippen MR) is 274 cm³/mol. The Morgan fingerprint density at radius 2 is 0.609 bits per heavy atom. The van der Waals surface area contributed by atoms with Crippen molar-refractivity contribution in [1.82, 2.24) is 0 Å². The third-order valence-corrected chi connectivity index (χ3v) is 10.8. The number of unbranched alkanes of at least 4 members (excludes halogenated alkanes) is 19. The Bertz CT molecular complexity index is 1300. The van der Waals surface area contributed by atoms with Crippen LogP contribution in [0.15, 0.2) is 97.2 Å². The second-order valence-electron chi connectivity index (χ2n) is 17.1. The van der Waals surface area contributed by atoms with Gasteiger partial charge in [0.1, 0.15) is 13.2 Å². The molecule has 0 fully saturated rings. The number of allylic oxidation sites excluding steroid dienone is 16. The highest BCUT2D eigenvalue weighted by atomic mass is 16.6. The molecule has 0 bridgehead atoms. The van der Waals surface area contributed by atoms with Crippen molar-refractivity contribution in [2.45, 2.75) is 239 Å². The molecule has 0 heterocycles. The maximum atomic E-state index is 12.7. The lowest BCUT2D eigenvalue weighted by Gasteiger charge is -2.18. The molecule has 0 aliphatic carbocycles. The Balaban J connectivity index is 4.31. The van der Waals surface area contributed by atoms with Gasteiger partial charge < -0.3 is 14.2 Å². The van der Waals surface area contributed by atoms with Crippen molar-refractivity contribution < 1.29 is 28.6 Å². The Morgan fingerprint density at radius 3 is 0.984 bits per heavy atom. The molecule has 0 aliphatic heterocycles. The van der Waals surface area contributed by atoms with Gasteiger partial charge in [0.2, 0.25) is 0 Å². The summed E-state index contributed by atoms with van der Waals surface area (Å²) >= 11 is 0. The van der Waals surface area contributed by atoms with Crippen LogP contribution in [0.25, 0.3) is 0 Å². The number of ether oxygens (including phenoxy) is 3. The van der Waals surface area contributed by atoms with E-state index in [1.54, 1.807) is 0 Å². The summed E-state index contributed by atoms with van der Waals surface area (Å²) in [5.41, 5.74) is 0. The first-order valence-corrected chi connectivity index (χ1v) is 26.2. The van der Waals surface area contributed by atoms with Crippen LogP contribution in [0.2, 0.25) is 0 Å². The number of carbonyl (C=O) groups excluding carboxylic acids is 3. The van der Waals surface area contributed by atoms with Gasteiger partial charge in [-0.2, -0.15) is 0 Å². The van der Waals surface area contributed by atoms with Gasteiger partial charge in [0.25, 0.3) is 0 Å². The van der Waals surface area contributed by atoms with E-state index in [1.165, 1.54) is 70.6 Å². The third-order valence-electron chi connectivity index (χ3n) is 10.8. The molecular weight excluding hydrogens is 793 g/mol. The van der Waals surface area contributed by atoms with Gasteiger partial charge in [0.05, 0.1) is 0 Å². The molecule has 6 nitrogen and oxygen atoms in total. The number of carbonyl (C=O) groups is 3. The lowest BCUT2D eigenvalue weighted by molar-refractivity contribution is -0.167. The fourth-order valence-electron chi connectivity index (χ4n) is 6.89. The Morgan fingerprint density at radius 1 is 0.328 bits per heavy atom. The maximum Gasteiger partial charge on any atom is 0.306 e. The smallest absolute Gasteiger partial charge is 0.306 e. The molecule has 364 valence electrons. The van der Waals surface area contributed by atoms with Gasteiger partial charge >= 0.3 is 17.9 Å². The topological polar surface area (TPSA) is 78.9 Å². The number of esters is 3. The maximum absolute atomic E-state index is 12.7. The van der Waals surface area contributed by atoms with Crippen LogP contribution in [0.3, 0.4) is 0 Å². The van der Waals surface area contributed by atoms with Crippen molar-refractivity contribution in [2.75, 3.05) is 13.2 Å². The van der Waals surface area contributed by atoms with E-state index >= 15 is 0 Å². The largest absolute Gasteiger partial charge is 0.462 e. The molecule has 0 radical (unpaired) electrons. The van der Waals surface area contributed by atoms with E-state index in [9.17, 15) is 14.4 Å². The zero-order valence-electron chi connectivity index (χ0n) is 41.5. The van der Waals surface area contributed by atoms with Gasteiger partial charge in [-0.25, -0.2) is 0 Å². The number of rotatable bonds is 46. The van der Waals surface area contributed by atoms with Crippen molar-refractivity contribution in [3.05, 3.63) is 97.2 Å². The van der Waals surface area contributed by atoms with Crippen LogP contribution >= 0.6 is 0 Å². The van der Waals surface area contributed by atoms with Crippen LogP contribution in [0.4, 0.5) is 0 Å². The number of hydrogen-bond donors (Lipinski definition) is 0. The molecule has 64 heavy (non-hydrogen) atoms. The average molecular weight is 889 g/mol. The Labute approximate surface area is 394 Å². The van der Waals surface area contributed by atoms with Crippen LogP contribution in [0, 0.1) is 0 Å². The summed E-state index contributed by atoms with van der Waals surface area (Å²) in [5, 5.41) is 0. The monoisotopic (exact) mass is 889 g/mol. The highest BCUT2D eigenvalue weighted by Crippen LogP contribution is 2.13. The number of hydrogen-bond acceptors (Lipinski definition) is 6. The lowest BCUT2D eigenvalue weighted by atomic mass is 10.1. The SMILES string of the molecule is CC/C=C\C/C=C\C/C=C\C/C=C\C/C=C\C/C=C\C/C=C\CCCCCC(=O)OCC(COC(=O)CCCCCCCCC)OC(=O)CCCCCCC/C=C\CCCCCCC. The molecule has 0 saturated heterocycles. The molecule has 0 aliphatic rings. The summed E-state index contributed by atoms with van der Waals surface area (Å²) in [5.74, 6) is -0.945. The second-order valence-corrected chi connectivity index (χ2v) is 17.1. The molecule has 6 heteroatoms. The first-order valence-electron chi connectivity index (χ1n) is 26.2. The van der Waals surface area contributed by atoms with Gasteiger partial charge in [-0.05, 0) is 103 Å². The molecular formula is C58H96O6. The minimum Gasteiger partial charge on any atom is -0.462 e. The fraction of sp³-hybridized carbons (Fsp3) is 0.672. The van der Waals surface area contributed by atoms with Crippen LogP contribution in [-0.4, -0.2) is 37.2 Å². The van der Waals surface area contributed by atoms with E-state index < -0.39 is 6.10 Å². The summed E-state index contributed by atoms with van der Waals surface area (Å²) < 4.78 is 16.7. The van der Waals surface area contributed by atoms with Gasteiger partial charge in [-0.15, -0.1) is 0 Å². The molecule has 1 atom stereocenters. The molecule has 1 unspecified atom stereocenters. The molecule has 0 aromatic carbocycles. The molecule has 0 amide bonds. The van der Waals surface area contributed by atoms with Gasteiger partial charge in [0, 0.05) is 19.3 Å². The molecule has 0 rings (SSSR count). The predicted octanol–water partition coefficient (Wildman–Crippen LogP) is 17.4. The van der Waals surface area contributed by atoms with Gasteiger partial charge in [-0.1, -0.05) is 208 Å². The summed E-state index contributed by atoms with van der Waals surface area (Å²) in [6, 6.07) is 0. The minimum atomic E-state index is -0.792. The first kappa shape index (κ1) is 60.3. The van der Waals surface area contributed by atoms with Crippen LogP contribution in [0.5, 0.6) is 0 Å². The van der Waals surface area contributed by atoms with Crippen molar-refractivity contribution in [2.24, 2.45) is 0 Å². The second kappa shape index (κ2) is 52.0. The minimum absolute atomic E-state index is 0.0918. The molecule has 0 aromatic heterocycles. The van der Waals surface area contributed by atoms with Gasteiger partial charge in [0.15, 0.2) is 6.10 Å². The first-order chi connectivity index (χ1) is 31.5. The van der Waals surface area contributed by atoms with Crippen molar-refractivity contribution in [3.63, 3.8) is 0 Å². The standard InChI is InChI=1S/C58H96O6/c1-4-7-10-13-16-18-20-22-24-25-26-27-28-29-30-31-32-33-34-36-37-39-42-45-48-51-57(60)63-54-55(53-62-56(59)50-47-44-41-15-12-9-6-3)64-58(61)52-49-46-43-40-38-35-23-21-19-17-14-11-8-5-2/h7,10,16,18,21-24,26-27,29-30,32-33,36-37,55H,4-6,8-9,11-15,17,19-20,25,28,31,34-35,38-54H2,1-3H3/b10-7-,18-16-,23-21-,24-22-,27-26-,30-29-,33-32-,37-36-. The van der Waals surface area contributed by atoms with Crippen LogP contribution in [0.1, 0.15) is 233 Å². The van der Waals surface area contributed by atoms with E-state index in [0.717, 1.165) is 122 Å². The Hall–Kier alpha value is -3.67. The van der Waals surface area contributed by atoms with Gasteiger partial charge in [-0.3, -0.25) is 14.4 Å². The van der Waals surface area contributed by atoms with E-state index in [2.05, 4.69) is 118 Å². The van der Waals surface area contributed by atoms with E-state index in [4.69, 9.17) is 14.2 Å². The molecule has 0 spiro atoms. The van der Waals surface area contributed by atoms with Crippen molar-refractivity contribution in [3.8, 4) is 0 Å². The quantitative estimate of drug-likeness (QED) is 0.0262. The molecule has 0 aromatic rings.